The van der Waals surface area contributed by atoms with Crippen LogP contribution in [-0.2, 0) is 18.0 Å². The average Bonchev–Trinajstić information content (AvgIpc) is 3.19. The third-order valence-electron chi connectivity index (χ3n) is 6.90. The predicted molar refractivity (Wildman–Crippen MR) is 143 cm³/mol. The molecule has 1 heterocycles. The van der Waals surface area contributed by atoms with Crippen LogP contribution in [0.1, 0.15) is 129 Å². The minimum atomic E-state index is 0. The van der Waals surface area contributed by atoms with Crippen LogP contribution in [0.15, 0.2) is 30.6 Å². The fourth-order valence-corrected chi connectivity index (χ4v) is 4.79. The second kappa shape index (κ2) is 21.2. The predicted octanol–water partition coefficient (Wildman–Crippen LogP) is 5.97. The highest BCUT2D eigenvalue weighted by atomic mass is 35.5. The molecule has 0 bridgehead atoms. The number of imidazole rings is 1. The summed E-state index contributed by atoms with van der Waals surface area (Å²) in [5.41, 5.74) is 2.61. The number of ether oxygens (including phenoxy) is 1. The number of fused-ring (bicyclic) bond motifs is 1. The van der Waals surface area contributed by atoms with Crippen molar-refractivity contribution in [1.29, 1.82) is 0 Å². The van der Waals surface area contributed by atoms with Crippen LogP contribution < -0.4 is 17.0 Å². The van der Waals surface area contributed by atoms with Crippen LogP contribution in [0.5, 0.6) is 0 Å². The molecule has 0 fully saturated rings. The van der Waals surface area contributed by atoms with Crippen LogP contribution in [0.25, 0.3) is 11.0 Å². The lowest BCUT2D eigenvalue weighted by Gasteiger charge is -2.04. The quantitative estimate of drug-likeness (QED) is 0.146. The van der Waals surface area contributed by atoms with Crippen molar-refractivity contribution >= 4 is 11.0 Å². The lowest BCUT2D eigenvalue weighted by Crippen LogP contribution is -3.00. The average molecular weight is 493 g/mol. The normalized spacial score (nSPS) is 11.2. The summed E-state index contributed by atoms with van der Waals surface area (Å²) in [5.74, 6) is 0. The molecule has 0 aliphatic heterocycles. The minimum absolute atomic E-state index is 0. The van der Waals surface area contributed by atoms with Gasteiger partial charge in [0.1, 0.15) is 0 Å². The molecule has 0 amide bonds. The molecule has 0 saturated carbocycles. The molecule has 0 atom stereocenters. The SMILES string of the molecule is CCCCCCCCCCCCCCCCOC[n+]1cn(CCCCCC)c2ccccc21.[Cl-]. The highest BCUT2D eigenvalue weighted by Crippen LogP contribution is 2.14. The van der Waals surface area contributed by atoms with E-state index in [0.29, 0.717) is 6.73 Å². The van der Waals surface area contributed by atoms with E-state index in [1.165, 1.54) is 127 Å². The molecule has 0 saturated heterocycles. The maximum Gasteiger partial charge on any atom is 0.246 e. The molecule has 0 spiro atoms. The summed E-state index contributed by atoms with van der Waals surface area (Å²) in [6.45, 7) is 7.21. The third-order valence-corrected chi connectivity index (χ3v) is 6.90. The number of aromatic nitrogens is 2. The Bertz CT molecular complexity index is 715. The Hall–Kier alpha value is -1.06. The van der Waals surface area contributed by atoms with E-state index in [1.54, 1.807) is 0 Å². The molecule has 0 unspecified atom stereocenters. The van der Waals surface area contributed by atoms with Gasteiger partial charge in [0, 0.05) is 0 Å². The van der Waals surface area contributed by atoms with Crippen LogP contribution in [0.2, 0.25) is 0 Å². The number of hydrogen-bond acceptors (Lipinski definition) is 1. The highest BCUT2D eigenvalue weighted by molar-refractivity contribution is 5.71. The first-order chi connectivity index (χ1) is 16.4. The lowest BCUT2D eigenvalue weighted by atomic mass is 10.0. The first-order valence-corrected chi connectivity index (χ1v) is 14.4. The molecule has 2 rings (SSSR count). The zero-order valence-corrected chi connectivity index (χ0v) is 23.2. The van der Waals surface area contributed by atoms with Crippen molar-refractivity contribution in [2.75, 3.05) is 6.61 Å². The molecule has 0 aliphatic rings. The van der Waals surface area contributed by atoms with Gasteiger partial charge in [0.05, 0.1) is 13.2 Å². The van der Waals surface area contributed by atoms with Gasteiger partial charge in [0.25, 0.3) is 0 Å². The van der Waals surface area contributed by atoms with Crippen molar-refractivity contribution in [3.8, 4) is 0 Å². The number of para-hydroxylation sites is 2. The van der Waals surface area contributed by atoms with Crippen molar-refractivity contribution in [3.05, 3.63) is 30.6 Å². The molecular weight excluding hydrogens is 440 g/mol. The summed E-state index contributed by atoms with van der Waals surface area (Å²) in [7, 11) is 0. The van der Waals surface area contributed by atoms with Crippen LogP contribution in [0.3, 0.4) is 0 Å². The lowest BCUT2D eigenvalue weighted by molar-refractivity contribution is -0.710. The molecule has 1 aromatic heterocycles. The second-order valence-corrected chi connectivity index (χ2v) is 9.96. The van der Waals surface area contributed by atoms with E-state index in [0.717, 1.165) is 13.2 Å². The number of nitrogens with zero attached hydrogens (tertiary/aromatic N) is 2. The van der Waals surface area contributed by atoms with Gasteiger partial charge in [-0.15, -0.1) is 0 Å². The van der Waals surface area contributed by atoms with Crippen molar-refractivity contribution in [3.63, 3.8) is 0 Å². The molecule has 0 radical (unpaired) electrons. The number of benzene rings is 1. The van der Waals surface area contributed by atoms with E-state index in [4.69, 9.17) is 4.74 Å². The van der Waals surface area contributed by atoms with Gasteiger partial charge < -0.3 is 17.1 Å². The number of halogens is 1. The zero-order valence-electron chi connectivity index (χ0n) is 22.4. The summed E-state index contributed by atoms with van der Waals surface area (Å²) >= 11 is 0. The van der Waals surface area contributed by atoms with Gasteiger partial charge in [0.15, 0.2) is 17.8 Å². The van der Waals surface area contributed by atoms with E-state index in [9.17, 15) is 0 Å². The van der Waals surface area contributed by atoms with Crippen molar-refractivity contribution in [2.24, 2.45) is 0 Å². The fraction of sp³-hybridized carbons (Fsp3) is 0.767. The monoisotopic (exact) mass is 492 g/mol. The molecule has 3 nitrogen and oxygen atoms in total. The Morgan fingerprint density at radius 1 is 0.647 bits per heavy atom. The number of hydrogen-bond donors (Lipinski definition) is 0. The van der Waals surface area contributed by atoms with E-state index in [2.05, 4.69) is 53.6 Å². The summed E-state index contributed by atoms with van der Waals surface area (Å²) in [4.78, 5) is 0. The Labute approximate surface area is 217 Å². The molecule has 34 heavy (non-hydrogen) atoms. The Morgan fingerprint density at radius 2 is 1.15 bits per heavy atom. The highest BCUT2D eigenvalue weighted by Gasteiger charge is 2.14. The molecule has 4 heteroatoms. The van der Waals surface area contributed by atoms with Gasteiger partial charge >= 0.3 is 0 Å². The van der Waals surface area contributed by atoms with Crippen molar-refractivity contribution < 1.29 is 21.7 Å². The fourth-order valence-electron chi connectivity index (χ4n) is 4.79. The summed E-state index contributed by atoms with van der Waals surface area (Å²) in [6, 6.07) is 8.73. The van der Waals surface area contributed by atoms with Gasteiger partial charge in [-0.2, -0.15) is 0 Å². The number of aryl methyl sites for hydroxylation is 1. The Morgan fingerprint density at radius 3 is 1.74 bits per heavy atom. The van der Waals surface area contributed by atoms with Gasteiger partial charge in [-0.05, 0) is 31.4 Å². The third kappa shape index (κ3) is 13.1. The van der Waals surface area contributed by atoms with Crippen LogP contribution >= 0.6 is 0 Å². The summed E-state index contributed by atoms with van der Waals surface area (Å²) < 4.78 is 10.7. The first-order valence-electron chi connectivity index (χ1n) is 14.4. The minimum Gasteiger partial charge on any atom is -1.00 e. The molecule has 0 aliphatic carbocycles. The van der Waals surface area contributed by atoms with Crippen LogP contribution in [0, 0.1) is 0 Å². The van der Waals surface area contributed by atoms with Gasteiger partial charge in [0.2, 0.25) is 6.33 Å². The zero-order chi connectivity index (χ0) is 23.4. The second-order valence-electron chi connectivity index (χ2n) is 9.96. The van der Waals surface area contributed by atoms with Gasteiger partial charge in [-0.25, -0.2) is 9.13 Å². The van der Waals surface area contributed by atoms with Crippen LogP contribution in [-0.4, -0.2) is 11.2 Å². The van der Waals surface area contributed by atoms with Gasteiger partial charge in [-0.3, -0.25) is 0 Å². The summed E-state index contributed by atoms with van der Waals surface area (Å²) in [5, 5.41) is 0. The Balaban J connectivity index is 0.00000578. The van der Waals surface area contributed by atoms with Crippen molar-refractivity contribution in [1.82, 2.24) is 4.57 Å². The standard InChI is InChI=1S/C30H53N2O.ClH/c1-3-5-7-9-10-11-12-13-14-15-16-17-18-22-26-33-28-32-27-31(25-21-8-6-4-2)29-23-19-20-24-30(29)32;/h19-20,23-24,27H,3-18,21-22,25-26,28H2,1-2H3;1H/q+1;/p-1. The first kappa shape index (κ1) is 31.0. The maximum absolute atomic E-state index is 6.04. The van der Waals surface area contributed by atoms with E-state index >= 15 is 0 Å². The Kier molecular flexibility index (Phi) is 19.3. The number of unbranched alkanes of at least 4 members (excludes halogenated alkanes) is 16. The molecule has 0 N–H and O–H groups in total. The van der Waals surface area contributed by atoms with Gasteiger partial charge in [-0.1, -0.05) is 122 Å². The molecule has 196 valence electrons. The smallest absolute Gasteiger partial charge is 0.246 e. The van der Waals surface area contributed by atoms with Crippen molar-refractivity contribution in [2.45, 2.75) is 143 Å². The van der Waals surface area contributed by atoms with E-state index in [-0.39, 0.29) is 12.4 Å². The maximum atomic E-state index is 6.04. The molecular formula is C30H53ClN2O. The van der Waals surface area contributed by atoms with E-state index < -0.39 is 0 Å². The number of rotatable bonds is 22. The van der Waals surface area contributed by atoms with E-state index in [1.807, 2.05) is 0 Å². The summed E-state index contributed by atoms with van der Waals surface area (Å²) in [6.07, 6.45) is 27.1. The largest absolute Gasteiger partial charge is 1.00 e. The van der Waals surface area contributed by atoms with Crippen LogP contribution in [0.4, 0.5) is 0 Å². The molecule has 2 aromatic rings. The molecule has 1 aromatic carbocycles. The topological polar surface area (TPSA) is 18.0 Å².